The maximum Gasteiger partial charge on any atom is 0.303 e. The summed E-state index contributed by atoms with van der Waals surface area (Å²) in [6, 6.07) is 0. The van der Waals surface area contributed by atoms with Gasteiger partial charge in [-0.25, -0.2) is 0 Å². The van der Waals surface area contributed by atoms with Crippen LogP contribution in [0.25, 0.3) is 0 Å². The van der Waals surface area contributed by atoms with E-state index in [-0.39, 0.29) is 0 Å². The van der Waals surface area contributed by atoms with Gasteiger partial charge in [0.1, 0.15) is 6.10 Å². The van der Waals surface area contributed by atoms with Gasteiger partial charge < -0.3 is 18.9 Å². The number of carbonyl (C=O) groups excluding carboxylic acids is 2. The van der Waals surface area contributed by atoms with Crippen molar-refractivity contribution < 1.29 is 29.9 Å². The molecule has 0 N–H and O–H groups in total. The van der Waals surface area contributed by atoms with Gasteiger partial charge in [-0.2, -0.15) is 0 Å². The molecule has 0 aromatic carbocycles. The van der Waals surface area contributed by atoms with Crippen molar-refractivity contribution in [3.63, 3.8) is 0 Å². The first-order chi connectivity index (χ1) is 8.36. The Labute approximate surface area is 102 Å². The number of methoxy groups -OCH3 is 1. The monoisotopic (exact) mass is 247 g/mol. The normalized spacial score (nSPS) is 38.1. The largest absolute Gasteiger partial charge is 0.458 e. The fraction of sp³-hybridized carbons (Fsp3) is 0.818. The second kappa shape index (κ2) is 5.97. The molecule has 6 nitrogen and oxygen atoms in total. The van der Waals surface area contributed by atoms with Crippen molar-refractivity contribution >= 4 is 11.9 Å². The first kappa shape index (κ1) is 12.3. The average molecular weight is 247 g/mol. The van der Waals surface area contributed by atoms with E-state index in [1.54, 1.807) is 6.92 Å². The standard InChI is InChI=1S/C11H18O6/c1-6-11(17-8(3)13)9(16-7(2)12)5-10(14-4)15-6/h6,9-11H,5H2,1-4H3/t6-,9-,10+,11+/m0/s1/i5D/t5?,6-,9-,10+,11+. The molecular weight excluding hydrogens is 228 g/mol. The Balaban J connectivity index is 2.89. The third-order valence-electron chi connectivity index (χ3n) is 2.32. The molecule has 1 aliphatic rings. The maximum absolute atomic E-state index is 11.1. The molecule has 1 aliphatic heterocycles. The van der Waals surface area contributed by atoms with Crippen LogP contribution >= 0.6 is 0 Å². The molecule has 0 radical (unpaired) electrons. The van der Waals surface area contributed by atoms with Gasteiger partial charge in [0.2, 0.25) is 0 Å². The van der Waals surface area contributed by atoms with Crippen LogP contribution < -0.4 is 0 Å². The number of esters is 2. The molecule has 0 amide bonds. The van der Waals surface area contributed by atoms with E-state index in [1.807, 2.05) is 0 Å². The molecular formula is C11H18O6. The van der Waals surface area contributed by atoms with Gasteiger partial charge in [0.15, 0.2) is 12.4 Å². The van der Waals surface area contributed by atoms with Crippen molar-refractivity contribution in [2.24, 2.45) is 0 Å². The maximum atomic E-state index is 11.1. The molecule has 0 aromatic heterocycles. The Morgan fingerprint density at radius 3 is 2.35 bits per heavy atom. The molecule has 0 spiro atoms. The highest BCUT2D eigenvalue weighted by molar-refractivity contribution is 5.67. The summed E-state index contributed by atoms with van der Waals surface area (Å²) in [5.41, 5.74) is 0. The summed E-state index contributed by atoms with van der Waals surface area (Å²) >= 11 is 0. The van der Waals surface area contributed by atoms with Crippen LogP contribution in [0, 0.1) is 0 Å². The fourth-order valence-corrected chi connectivity index (χ4v) is 1.65. The Morgan fingerprint density at radius 2 is 1.88 bits per heavy atom. The minimum absolute atomic E-state index is 0.518. The highest BCUT2D eigenvalue weighted by Crippen LogP contribution is 2.25. The highest BCUT2D eigenvalue weighted by Gasteiger charge is 2.40. The van der Waals surface area contributed by atoms with Gasteiger partial charge in [0.25, 0.3) is 0 Å². The van der Waals surface area contributed by atoms with E-state index >= 15 is 0 Å². The molecule has 1 unspecified atom stereocenters. The predicted octanol–water partition coefficient (Wildman–Crippen LogP) is 0.631. The van der Waals surface area contributed by atoms with Crippen molar-refractivity contribution in [1.29, 1.82) is 0 Å². The SMILES string of the molecule is [2H]C1[C@H](OC)O[C@@H](C)[C@@H](OC(C)=O)[C@H]1OC(C)=O. The van der Waals surface area contributed by atoms with Gasteiger partial charge in [-0.05, 0) is 6.92 Å². The third-order valence-corrected chi connectivity index (χ3v) is 2.32. The minimum Gasteiger partial charge on any atom is -0.458 e. The summed E-state index contributed by atoms with van der Waals surface area (Å²) in [7, 11) is 1.40. The first-order valence-electron chi connectivity index (χ1n) is 5.89. The average Bonchev–Trinajstić information content (AvgIpc) is 2.27. The molecule has 5 atom stereocenters. The quantitative estimate of drug-likeness (QED) is 0.681. The Kier molecular flexibility index (Phi) is 4.33. The molecule has 17 heavy (non-hydrogen) atoms. The fourth-order valence-electron chi connectivity index (χ4n) is 1.65. The second-order valence-electron chi connectivity index (χ2n) is 3.79. The van der Waals surface area contributed by atoms with E-state index in [4.69, 9.17) is 20.3 Å². The highest BCUT2D eigenvalue weighted by atomic mass is 16.7. The Morgan fingerprint density at radius 1 is 1.29 bits per heavy atom. The van der Waals surface area contributed by atoms with Crippen LogP contribution in [0.2, 0.25) is 0 Å². The van der Waals surface area contributed by atoms with Crippen molar-refractivity contribution in [3.05, 3.63) is 0 Å². The molecule has 6 heteroatoms. The van der Waals surface area contributed by atoms with Gasteiger partial charge in [0, 0.05) is 28.7 Å². The molecule has 1 fully saturated rings. The summed E-state index contributed by atoms with van der Waals surface area (Å²) in [6.07, 6.45) is -4.03. The van der Waals surface area contributed by atoms with E-state index in [1.165, 1.54) is 21.0 Å². The lowest BCUT2D eigenvalue weighted by Crippen LogP contribution is -2.51. The predicted molar refractivity (Wildman–Crippen MR) is 57.1 cm³/mol. The molecule has 98 valence electrons. The van der Waals surface area contributed by atoms with E-state index < -0.39 is 42.9 Å². The van der Waals surface area contributed by atoms with Crippen LogP contribution in [-0.2, 0) is 28.5 Å². The molecule has 0 saturated carbocycles. The first-order valence-corrected chi connectivity index (χ1v) is 5.31. The number of hydrogen-bond donors (Lipinski definition) is 0. The summed E-state index contributed by atoms with van der Waals surface area (Å²) in [4.78, 5) is 22.1. The van der Waals surface area contributed by atoms with E-state index in [0.29, 0.717) is 0 Å². The third kappa shape index (κ3) is 3.98. The summed E-state index contributed by atoms with van der Waals surface area (Å²) in [5, 5.41) is 0. The van der Waals surface area contributed by atoms with Crippen LogP contribution in [0.5, 0.6) is 0 Å². The van der Waals surface area contributed by atoms with Gasteiger partial charge in [-0.15, -0.1) is 0 Å². The zero-order chi connectivity index (χ0) is 13.9. The zero-order valence-corrected chi connectivity index (χ0v) is 10.3. The van der Waals surface area contributed by atoms with Crippen LogP contribution in [0.15, 0.2) is 0 Å². The molecule has 0 bridgehead atoms. The van der Waals surface area contributed by atoms with Crippen LogP contribution in [0.4, 0.5) is 0 Å². The zero-order valence-electron chi connectivity index (χ0n) is 11.3. The summed E-state index contributed by atoms with van der Waals surface area (Å²) < 4.78 is 28.4. The van der Waals surface area contributed by atoms with Crippen LogP contribution in [0.1, 0.15) is 28.5 Å². The number of ether oxygens (including phenoxy) is 4. The van der Waals surface area contributed by atoms with Crippen molar-refractivity contribution in [2.75, 3.05) is 7.11 Å². The summed E-state index contributed by atoms with van der Waals surface area (Å²) in [5.74, 6) is -1.06. The van der Waals surface area contributed by atoms with Crippen LogP contribution in [-0.4, -0.2) is 43.7 Å². The number of rotatable bonds is 3. The van der Waals surface area contributed by atoms with Gasteiger partial charge in [-0.3, -0.25) is 9.59 Å². The van der Waals surface area contributed by atoms with Crippen molar-refractivity contribution in [1.82, 2.24) is 0 Å². The molecule has 1 heterocycles. The lowest BCUT2D eigenvalue weighted by molar-refractivity contribution is -0.248. The number of hydrogen-bond acceptors (Lipinski definition) is 6. The molecule has 0 aliphatic carbocycles. The Bertz CT molecular complexity index is 321. The van der Waals surface area contributed by atoms with Gasteiger partial charge >= 0.3 is 11.9 Å². The van der Waals surface area contributed by atoms with E-state index in [2.05, 4.69) is 0 Å². The van der Waals surface area contributed by atoms with Gasteiger partial charge in [0.05, 0.1) is 6.10 Å². The van der Waals surface area contributed by atoms with E-state index in [9.17, 15) is 9.59 Å². The van der Waals surface area contributed by atoms with Gasteiger partial charge in [-0.1, -0.05) is 0 Å². The molecule has 1 saturated heterocycles. The molecule has 0 aromatic rings. The van der Waals surface area contributed by atoms with Crippen molar-refractivity contribution in [3.8, 4) is 0 Å². The lowest BCUT2D eigenvalue weighted by atomic mass is 10.0. The Hall–Kier alpha value is -1.14. The summed E-state index contributed by atoms with van der Waals surface area (Å²) in [6.45, 7) is 4.15. The molecule has 1 rings (SSSR count). The van der Waals surface area contributed by atoms with E-state index in [0.717, 1.165) is 0 Å². The second-order valence-corrected chi connectivity index (χ2v) is 3.79. The van der Waals surface area contributed by atoms with Crippen molar-refractivity contribution in [2.45, 2.75) is 51.8 Å². The topological polar surface area (TPSA) is 71.1 Å². The lowest BCUT2D eigenvalue weighted by Gasteiger charge is -2.38. The minimum atomic E-state index is -0.973. The van der Waals surface area contributed by atoms with Crippen LogP contribution in [0.3, 0.4) is 0 Å². The smallest absolute Gasteiger partial charge is 0.303 e. The number of carbonyl (C=O) groups is 2.